The molecule has 2 aromatic carbocycles. The minimum Gasteiger partial charge on any atom is -0.493 e. The van der Waals surface area contributed by atoms with E-state index in [9.17, 15) is 5.11 Å². The SMILES string of the molecule is OC(CCOc1ccccc1)Cc1ccc(Cl)cc1. The fourth-order valence-electron chi connectivity index (χ4n) is 1.82. The Morgan fingerprint density at radius 1 is 1.00 bits per heavy atom. The van der Waals surface area contributed by atoms with Gasteiger partial charge < -0.3 is 9.84 Å². The van der Waals surface area contributed by atoms with Gasteiger partial charge in [-0.05, 0) is 36.2 Å². The first-order valence-corrected chi connectivity index (χ1v) is 6.72. The number of benzene rings is 2. The molecule has 2 rings (SSSR count). The summed E-state index contributed by atoms with van der Waals surface area (Å²) in [6, 6.07) is 17.2. The molecule has 0 spiro atoms. The molecule has 19 heavy (non-hydrogen) atoms. The lowest BCUT2D eigenvalue weighted by molar-refractivity contribution is 0.139. The van der Waals surface area contributed by atoms with Crippen molar-refractivity contribution < 1.29 is 9.84 Å². The van der Waals surface area contributed by atoms with Crippen LogP contribution in [-0.4, -0.2) is 17.8 Å². The molecule has 100 valence electrons. The smallest absolute Gasteiger partial charge is 0.119 e. The first kappa shape index (κ1) is 13.9. The van der Waals surface area contributed by atoms with Gasteiger partial charge in [0.1, 0.15) is 5.75 Å². The van der Waals surface area contributed by atoms with Crippen molar-refractivity contribution in [3.63, 3.8) is 0 Å². The Bertz CT molecular complexity index is 482. The van der Waals surface area contributed by atoms with E-state index in [-0.39, 0.29) is 0 Å². The predicted molar refractivity (Wildman–Crippen MR) is 77.7 cm³/mol. The summed E-state index contributed by atoms with van der Waals surface area (Å²) in [4.78, 5) is 0. The molecule has 0 heterocycles. The lowest BCUT2D eigenvalue weighted by atomic mass is 10.1. The third kappa shape index (κ3) is 4.93. The van der Waals surface area contributed by atoms with Crippen LogP contribution in [0, 0.1) is 0 Å². The molecule has 3 heteroatoms. The first-order chi connectivity index (χ1) is 9.24. The minimum atomic E-state index is -0.398. The van der Waals surface area contributed by atoms with Gasteiger partial charge in [0.15, 0.2) is 0 Å². The predicted octanol–water partition coefficient (Wildman–Crippen LogP) is 3.71. The summed E-state index contributed by atoms with van der Waals surface area (Å²) < 4.78 is 5.55. The highest BCUT2D eigenvalue weighted by Gasteiger charge is 2.06. The third-order valence-electron chi connectivity index (χ3n) is 2.85. The Balaban J connectivity index is 1.73. The van der Waals surface area contributed by atoms with E-state index in [0.717, 1.165) is 11.3 Å². The average Bonchev–Trinajstić information content (AvgIpc) is 2.43. The zero-order valence-electron chi connectivity index (χ0n) is 10.6. The molecule has 2 nitrogen and oxygen atoms in total. The number of rotatable bonds is 6. The highest BCUT2D eigenvalue weighted by Crippen LogP contribution is 2.13. The summed E-state index contributed by atoms with van der Waals surface area (Å²) in [5.41, 5.74) is 1.08. The monoisotopic (exact) mass is 276 g/mol. The summed E-state index contributed by atoms with van der Waals surface area (Å²) in [6.45, 7) is 0.513. The van der Waals surface area contributed by atoms with Gasteiger partial charge in [0.2, 0.25) is 0 Å². The largest absolute Gasteiger partial charge is 0.493 e. The second-order valence-electron chi connectivity index (χ2n) is 4.43. The molecule has 1 N–H and O–H groups in total. The molecule has 0 aliphatic heterocycles. The number of aliphatic hydroxyl groups is 1. The van der Waals surface area contributed by atoms with E-state index >= 15 is 0 Å². The second-order valence-corrected chi connectivity index (χ2v) is 4.87. The van der Waals surface area contributed by atoms with Crippen LogP contribution in [0.25, 0.3) is 0 Å². The van der Waals surface area contributed by atoms with Crippen LogP contribution in [0.4, 0.5) is 0 Å². The van der Waals surface area contributed by atoms with Crippen LogP contribution in [0.1, 0.15) is 12.0 Å². The Labute approximate surface area is 118 Å². The Hall–Kier alpha value is -1.51. The van der Waals surface area contributed by atoms with Gasteiger partial charge in [-0.2, -0.15) is 0 Å². The molecule has 2 aromatic rings. The minimum absolute atomic E-state index is 0.398. The molecule has 1 atom stereocenters. The quantitative estimate of drug-likeness (QED) is 0.871. The Morgan fingerprint density at radius 3 is 2.37 bits per heavy atom. The van der Waals surface area contributed by atoms with Gasteiger partial charge in [-0.25, -0.2) is 0 Å². The van der Waals surface area contributed by atoms with Gasteiger partial charge in [-0.1, -0.05) is 41.9 Å². The Morgan fingerprint density at radius 2 is 1.68 bits per heavy atom. The van der Waals surface area contributed by atoms with Crippen LogP contribution in [-0.2, 0) is 6.42 Å². The summed E-state index contributed by atoms with van der Waals surface area (Å²) in [7, 11) is 0. The fourth-order valence-corrected chi connectivity index (χ4v) is 1.95. The van der Waals surface area contributed by atoms with Crippen LogP contribution >= 0.6 is 11.6 Å². The molecular formula is C16H17ClO2. The van der Waals surface area contributed by atoms with Crippen LogP contribution in [0.3, 0.4) is 0 Å². The van der Waals surface area contributed by atoms with Crippen molar-refractivity contribution in [2.45, 2.75) is 18.9 Å². The van der Waals surface area contributed by atoms with E-state index in [0.29, 0.717) is 24.5 Å². The number of hydrogen-bond donors (Lipinski definition) is 1. The standard InChI is InChI=1S/C16H17ClO2/c17-14-8-6-13(7-9-14)12-15(18)10-11-19-16-4-2-1-3-5-16/h1-9,15,18H,10-12H2. The van der Waals surface area contributed by atoms with E-state index in [1.54, 1.807) is 0 Å². The summed E-state index contributed by atoms with van der Waals surface area (Å²) in [6.07, 6.45) is 0.831. The highest BCUT2D eigenvalue weighted by molar-refractivity contribution is 6.30. The highest BCUT2D eigenvalue weighted by atomic mass is 35.5. The van der Waals surface area contributed by atoms with Crippen LogP contribution in [0.2, 0.25) is 5.02 Å². The van der Waals surface area contributed by atoms with Crippen molar-refractivity contribution in [2.75, 3.05) is 6.61 Å². The maximum Gasteiger partial charge on any atom is 0.119 e. The lowest BCUT2D eigenvalue weighted by Gasteiger charge is -2.11. The van der Waals surface area contributed by atoms with E-state index < -0.39 is 6.10 Å². The van der Waals surface area contributed by atoms with Gasteiger partial charge in [-0.3, -0.25) is 0 Å². The van der Waals surface area contributed by atoms with Crippen molar-refractivity contribution in [2.24, 2.45) is 0 Å². The zero-order valence-corrected chi connectivity index (χ0v) is 11.4. The van der Waals surface area contributed by atoms with Crippen molar-refractivity contribution >= 4 is 11.6 Å². The van der Waals surface area contributed by atoms with Crippen LogP contribution in [0.15, 0.2) is 54.6 Å². The molecule has 1 unspecified atom stereocenters. The zero-order chi connectivity index (χ0) is 13.5. The van der Waals surface area contributed by atoms with Crippen molar-refractivity contribution in [3.05, 3.63) is 65.2 Å². The number of aliphatic hydroxyl groups excluding tert-OH is 1. The van der Waals surface area contributed by atoms with E-state index in [4.69, 9.17) is 16.3 Å². The molecule has 0 aliphatic rings. The summed E-state index contributed by atoms with van der Waals surface area (Å²) in [5, 5.41) is 10.7. The molecule has 0 amide bonds. The molecular weight excluding hydrogens is 260 g/mol. The fraction of sp³-hybridized carbons (Fsp3) is 0.250. The normalized spacial score (nSPS) is 12.1. The maximum absolute atomic E-state index is 9.94. The number of hydrogen-bond acceptors (Lipinski definition) is 2. The molecule has 0 bridgehead atoms. The van der Waals surface area contributed by atoms with Crippen LogP contribution in [0.5, 0.6) is 5.75 Å². The average molecular weight is 277 g/mol. The van der Waals surface area contributed by atoms with E-state index in [2.05, 4.69) is 0 Å². The molecule has 0 radical (unpaired) electrons. The van der Waals surface area contributed by atoms with Gasteiger partial charge in [0, 0.05) is 11.4 Å². The van der Waals surface area contributed by atoms with Gasteiger partial charge in [0.05, 0.1) is 12.7 Å². The number of ether oxygens (including phenoxy) is 1. The van der Waals surface area contributed by atoms with Gasteiger partial charge >= 0.3 is 0 Å². The first-order valence-electron chi connectivity index (χ1n) is 6.34. The van der Waals surface area contributed by atoms with Crippen molar-refractivity contribution in [3.8, 4) is 5.75 Å². The van der Waals surface area contributed by atoms with E-state index in [1.807, 2.05) is 54.6 Å². The number of halogens is 1. The topological polar surface area (TPSA) is 29.5 Å². The molecule has 0 aliphatic carbocycles. The third-order valence-corrected chi connectivity index (χ3v) is 3.10. The lowest BCUT2D eigenvalue weighted by Crippen LogP contribution is -2.14. The summed E-state index contributed by atoms with van der Waals surface area (Å²) in [5.74, 6) is 0.834. The van der Waals surface area contributed by atoms with Crippen molar-refractivity contribution in [1.29, 1.82) is 0 Å². The Kier molecular flexibility index (Phi) is 5.25. The van der Waals surface area contributed by atoms with Crippen LogP contribution < -0.4 is 4.74 Å². The summed E-state index contributed by atoms with van der Waals surface area (Å²) >= 11 is 5.82. The molecule has 0 fully saturated rings. The maximum atomic E-state index is 9.94. The number of para-hydroxylation sites is 1. The molecule has 0 aromatic heterocycles. The second kappa shape index (κ2) is 7.17. The van der Waals surface area contributed by atoms with Crippen molar-refractivity contribution in [1.82, 2.24) is 0 Å². The molecule has 0 saturated heterocycles. The van der Waals surface area contributed by atoms with E-state index in [1.165, 1.54) is 0 Å². The van der Waals surface area contributed by atoms with Gasteiger partial charge in [0.25, 0.3) is 0 Å². The van der Waals surface area contributed by atoms with Gasteiger partial charge in [-0.15, -0.1) is 0 Å². The molecule has 0 saturated carbocycles.